The van der Waals surface area contributed by atoms with Crippen molar-refractivity contribution in [1.29, 1.82) is 0 Å². The minimum absolute atomic E-state index is 0.681. The number of fused-ring (bicyclic) bond motifs is 7. The second kappa shape index (κ2) is 37.0. The number of hydrogen-bond acceptors (Lipinski definition) is 6. The molecule has 0 atom stereocenters. The van der Waals surface area contributed by atoms with Crippen LogP contribution in [0.3, 0.4) is 0 Å². The molecule has 9 nitrogen and oxygen atoms in total. The maximum atomic E-state index is 5.21. The van der Waals surface area contributed by atoms with Gasteiger partial charge in [-0.3, -0.25) is 0 Å². The van der Waals surface area contributed by atoms with Gasteiger partial charge in [0, 0.05) is 33.4 Å². The first kappa shape index (κ1) is 83.4. The van der Waals surface area contributed by atoms with Gasteiger partial charge in [-0.15, -0.1) is 15.3 Å². The lowest BCUT2D eigenvalue weighted by Gasteiger charge is -2.11. The third-order valence-electron chi connectivity index (χ3n) is 26.5. The van der Waals surface area contributed by atoms with Crippen molar-refractivity contribution in [3.05, 3.63) is 528 Å². The van der Waals surface area contributed by atoms with Crippen LogP contribution >= 0.6 is 0 Å². The monoisotopic (exact) mass is 1770 g/mol. The van der Waals surface area contributed by atoms with E-state index < -0.39 is 0 Å². The van der Waals surface area contributed by atoms with Crippen LogP contribution in [-0.4, -0.2) is 44.3 Å². The molecule has 0 N–H and O–H groups in total. The number of rotatable bonds is 16. The summed E-state index contributed by atoms with van der Waals surface area (Å²) in [5.41, 5.74) is 25.5. The van der Waals surface area contributed by atoms with Crippen molar-refractivity contribution < 1.29 is 0 Å². The van der Waals surface area contributed by atoms with Crippen LogP contribution in [0, 0.1) is 0 Å². The molecule has 0 aliphatic rings. The second-order valence-corrected chi connectivity index (χ2v) is 35.0. The molecular formula is C130H87N9. The van der Waals surface area contributed by atoms with E-state index in [-0.39, 0.29) is 0 Å². The molecule has 23 aromatic carbocycles. The Balaban J connectivity index is 0.000000114. The fraction of sp³-hybridized carbons (Fsp3) is 0. The lowest BCUT2D eigenvalue weighted by atomic mass is 9.97. The molecule has 3 heterocycles. The molecule has 0 unspecified atom stereocenters. The molecule has 26 aromatic rings. The molecule has 9 heteroatoms. The van der Waals surface area contributed by atoms with Crippen LogP contribution in [0.1, 0.15) is 0 Å². The van der Waals surface area contributed by atoms with Crippen LogP contribution in [0.2, 0.25) is 0 Å². The third kappa shape index (κ3) is 16.8. The second-order valence-electron chi connectivity index (χ2n) is 35.0. The molecule has 0 radical (unpaired) electrons. The standard InChI is InChI=1S/C50H33N3.2C40H27N3/c1-4-16-43-34(10-1)13-7-19-46(43)37-22-26-40(27-23-37)49-51-50(41-28-24-38(25-29-41)47-20-8-14-35-11-2-5-17-44(35)47)53(52-49)42-32-30-39(31-33-42)48-21-9-15-36-12-3-6-18-45(36)48;1-2-14-34(15-3-1)43-40(33-26-22-31(23-27-33)38-19-9-13-29-11-5-7-17-36(29)38)41-39(42-43)32-24-20-30(21-25-32)37-18-8-12-28-10-4-6-16-35(28)37;1-2-12-38(13-3-1)43-40(33-22-16-31(17-23-33)37-25-19-29-9-5-7-11-35(29)27-37)41-39(42-43)32-20-14-30(15-21-32)36-24-18-28-8-4-6-10-34(28)26-36/h1-33H;2*1-27H. The zero-order valence-electron chi connectivity index (χ0n) is 75.8. The largest absolute Gasteiger partial charge is 0.213 e. The zero-order valence-corrected chi connectivity index (χ0v) is 75.8. The van der Waals surface area contributed by atoms with Crippen molar-refractivity contribution in [2.24, 2.45) is 0 Å². The van der Waals surface area contributed by atoms with Gasteiger partial charge in [-0.25, -0.2) is 29.0 Å². The highest BCUT2D eigenvalue weighted by Crippen LogP contribution is 2.41. The first-order chi connectivity index (χ1) is 68.9. The molecule has 0 amide bonds. The lowest BCUT2D eigenvalue weighted by Crippen LogP contribution is -2.00. The number of hydrogen-bond donors (Lipinski definition) is 0. The fourth-order valence-corrected chi connectivity index (χ4v) is 19.3. The van der Waals surface area contributed by atoms with Gasteiger partial charge in [0.25, 0.3) is 0 Å². The molecule has 139 heavy (non-hydrogen) atoms. The average molecular weight is 1780 g/mol. The van der Waals surface area contributed by atoms with Crippen LogP contribution < -0.4 is 0 Å². The van der Waals surface area contributed by atoms with Crippen molar-refractivity contribution in [3.63, 3.8) is 0 Å². The topological polar surface area (TPSA) is 92.1 Å². The smallest absolute Gasteiger partial charge is 0.182 e. The summed E-state index contributed by atoms with van der Waals surface area (Å²) < 4.78 is 5.87. The Morgan fingerprint density at radius 1 is 0.122 bits per heavy atom. The summed E-state index contributed by atoms with van der Waals surface area (Å²) in [5, 5.41) is 32.5. The molecule has 0 bridgehead atoms. The van der Waals surface area contributed by atoms with Crippen LogP contribution in [0.5, 0.6) is 0 Å². The van der Waals surface area contributed by atoms with Crippen LogP contribution in [0.4, 0.5) is 0 Å². The Morgan fingerprint density at radius 3 is 0.590 bits per heavy atom. The molecule has 0 fully saturated rings. The van der Waals surface area contributed by atoms with E-state index in [0.29, 0.717) is 17.5 Å². The number of nitrogens with zero attached hydrogens (tertiary/aromatic N) is 9. The maximum absolute atomic E-state index is 5.21. The van der Waals surface area contributed by atoms with Crippen LogP contribution in [0.15, 0.2) is 528 Å². The van der Waals surface area contributed by atoms with Crippen molar-refractivity contribution in [2.75, 3.05) is 0 Å². The number of benzene rings is 23. The minimum atomic E-state index is 0.681. The maximum Gasteiger partial charge on any atom is 0.182 e. The summed E-state index contributed by atoms with van der Waals surface area (Å²) in [5.74, 6) is 4.49. The zero-order chi connectivity index (χ0) is 92.3. The molecular weight excluding hydrogens is 1690 g/mol. The Labute approximate surface area is 805 Å². The van der Waals surface area contributed by atoms with Gasteiger partial charge in [0.2, 0.25) is 0 Å². The predicted octanol–water partition coefficient (Wildman–Crippen LogP) is 33.5. The minimum Gasteiger partial charge on any atom is -0.213 e. The normalized spacial score (nSPS) is 11.3. The van der Waals surface area contributed by atoms with Gasteiger partial charge in [0.1, 0.15) is 0 Å². The Hall–Kier alpha value is -18.7. The first-order valence-corrected chi connectivity index (χ1v) is 47.0. The molecule has 26 rings (SSSR count). The summed E-state index contributed by atoms with van der Waals surface area (Å²) in [4.78, 5) is 15.4. The first-order valence-electron chi connectivity index (χ1n) is 47.0. The van der Waals surface area contributed by atoms with E-state index in [1.807, 2.05) is 50.4 Å². The van der Waals surface area contributed by atoms with Crippen molar-refractivity contribution in [1.82, 2.24) is 44.3 Å². The lowest BCUT2D eigenvalue weighted by molar-refractivity contribution is 0.890. The SMILES string of the molecule is c1ccc(-n2nc(-c3ccc(-c4ccc5ccccc5c4)cc3)nc2-c2ccc(-c3ccc4ccccc4c3)cc2)cc1.c1ccc(-n2nc(-c3ccc(-c4cccc5ccccc45)cc3)nc2-c2ccc(-c3cccc4ccccc34)cc2)cc1.c1ccc2c(-c3ccc(-c4nc(-c5ccc(-c6cccc7ccccc67)cc5)n(-c5ccc(-c6cccc7ccccc67)cc5)n4)cc3)cccc2c1. The van der Waals surface area contributed by atoms with Crippen LogP contribution in [-0.2, 0) is 0 Å². The Morgan fingerprint density at radius 2 is 0.317 bits per heavy atom. The quantitative estimate of drug-likeness (QED) is 0.0957. The highest BCUT2D eigenvalue weighted by molar-refractivity contribution is 6.02. The van der Waals surface area contributed by atoms with Gasteiger partial charge in [-0.2, -0.15) is 0 Å². The summed E-state index contributed by atoms with van der Waals surface area (Å²) >= 11 is 0. The van der Waals surface area contributed by atoms with Gasteiger partial charge in [0.15, 0.2) is 34.9 Å². The summed E-state index contributed by atoms with van der Waals surface area (Å²) in [6.07, 6.45) is 0. The van der Waals surface area contributed by atoms with E-state index in [0.717, 1.165) is 73.5 Å². The Bertz CT molecular complexity index is 8830. The van der Waals surface area contributed by atoms with E-state index in [1.165, 1.54) is 148 Å². The van der Waals surface area contributed by atoms with E-state index in [9.17, 15) is 0 Å². The van der Waals surface area contributed by atoms with Crippen LogP contribution in [0.25, 0.3) is 239 Å². The Kier molecular flexibility index (Phi) is 22.2. The van der Waals surface area contributed by atoms with E-state index >= 15 is 0 Å². The van der Waals surface area contributed by atoms with Crippen molar-refractivity contribution >= 4 is 75.4 Å². The average Bonchev–Trinajstić information content (AvgIpc) is 1.73. The van der Waals surface area contributed by atoms with Gasteiger partial charge in [-0.05, 0) is 202 Å². The highest BCUT2D eigenvalue weighted by atomic mass is 15.4. The summed E-state index contributed by atoms with van der Waals surface area (Å²) in [6, 6.07) is 186. The predicted molar refractivity (Wildman–Crippen MR) is 577 cm³/mol. The van der Waals surface area contributed by atoms with Crippen molar-refractivity contribution in [2.45, 2.75) is 0 Å². The molecule has 0 saturated carbocycles. The molecule has 652 valence electrons. The third-order valence-corrected chi connectivity index (χ3v) is 26.5. The van der Waals surface area contributed by atoms with E-state index in [2.05, 4.69) is 491 Å². The number of para-hydroxylation sites is 2. The fourth-order valence-electron chi connectivity index (χ4n) is 19.3. The molecule has 0 aliphatic heterocycles. The van der Waals surface area contributed by atoms with Gasteiger partial charge >= 0.3 is 0 Å². The molecule has 0 aliphatic carbocycles. The summed E-state index contributed by atoms with van der Waals surface area (Å²) in [6.45, 7) is 0. The molecule has 3 aromatic heterocycles. The van der Waals surface area contributed by atoms with Gasteiger partial charge in [0.05, 0.1) is 17.1 Å². The molecule has 0 spiro atoms. The van der Waals surface area contributed by atoms with Crippen molar-refractivity contribution in [3.8, 4) is 163 Å². The summed E-state index contributed by atoms with van der Waals surface area (Å²) in [7, 11) is 0. The van der Waals surface area contributed by atoms with Gasteiger partial charge in [-0.1, -0.05) is 479 Å². The number of aromatic nitrogens is 9. The van der Waals surface area contributed by atoms with Gasteiger partial charge < -0.3 is 0 Å². The van der Waals surface area contributed by atoms with E-state index in [4.69, 9.17) is 30.2 Å². The van der Waals surface area contributed by atoms with E-state index in [1.54, 1.807) is 0 Å². The molecule has 0 saturated heterocycles. The highest BCUT2D eigenvalue weighted by Gasteiger charge is 2.22.